The van der Waals surface area contributed by atoms with Gasteiger partial charge >= 0.3 is 0 Å². The van der Waals surface area contributed by atoms with Crippen LogP contribution >= 0.6 is 0 Å². The van der Waals surface area contributed by atoms with E-state index in [0.29, 0.717) is 17.5 Å². The molecule has 3 heteroatoms. The molecule has 0 bridgehead atoms. The lowest BCUT2D eigenvalue weighted by Gasteiger charge is -2.44. The van der Waals surface area contributed by atoms with E-state index in [2.05, 4.69) is 36.3 Å². The maximum Gasteiger partial charge on any atom is 0.0534 e. The lowest BCUT2D eigenvalue weighted by molar-refractivity contribution is 0.118. The highest BCUT2D eigenvalue weighted by molar-refractivity contribution is 5.09. The molecule has 0 amide bonds. The molecule has 0 saturated heterocycles. The molecule has 0 spiro atoms. The fraction of sp³-hybridized carbons (Fsp3) is 0.727. The third-order valence-corrected chi connectivity index (χ3v) is 3.10. The molecule has 1 saturated carbocycles. The van der Waals surface area contributed by atoms with E-state index in [4.69, 9.17) is 0 Å². The maximum absolute atomic E-state index is 3.96. The SMILES string of the molecule is CC(NC1CC(C)(C)C1)c1cn[nH]c1. The van der Waals surface area contributed by atoms with Crippen molar-refractivity contribution in [3.8, 4) is 0 Å². The van der Waals surface area contributed by atoms with E-state index in [9.17, 15) is 0 Å². The van der Waals surface area contributed by atoms with Crippen molar-refractivity contribution in [1.29, 1.82) is 0 Å². The van der Waals surface area contributed by atoms with Gasteiger partial charge in [-0.05, 0) is 25.2 Å². The van der Waals surface area contributed by atoms with Gasteiger partial charge in [-0.15, -0.1) is 0 Å². The molecule has 0 radical (unpaired) electrons. The lowest BCUT2D eigenvalue weighted by atomic mass is 9.68. The van der Waals surface area contributed by atoms with Crippen LogP contribution in [-0.4, -0.2) is 16.2 Å². The highest BCUT2D eigenvalue weighted by atomic mass is 15.1. The number of aromatic amines is 1. The van der Waals surface area contributed by atoms with Crippen LogP contribution in [0.3, 0.4) is 0 Å². The Morgan fingerprint density at radius 1 is 1.57 bits per heavy atom. The predicted octanol–water partition coefficient (Wildman–Crippen LogP) is 2.25. The minimum Gasteiger partial charge on any atom is -0.307 e. The van der Waals surface area contributed by atoms with Crippen LogP contribution in [0.5, 0.6) is 0 Å². The minimum atomic E-state index is 0.412. The Bertz CT molecular complexity index is 281. The first-order valence-corrected chi connectivity index (χ1v) is 5.31. The van der Waals surface area contributed by atoms with Crippen molar-refractivity contribution in [3.05, 3.63) is 18.0 Å². The number of hydrogen-bond acceptors (Lipinski definition) is 2. The van der Waals surface area contributed by atoms with E-state index < -0.39 is 0 Å². The molecule has 0 aromatic carbocycles. The topological polar surface area (TPSA) is 40.7 Å². The highest BCUT2D eigenvalue weighted by Crippen LogP contribution is 2.40. The van der Waals surface area contributed by atoms with Gasteiger partial charge in [0, 0.05) is 23.8 Å². The second-order valence-electron chi connectivity index (χ2n) is 5.19. The summed E-state index contributed by atoms with van der Waals surface area (Å²) in [5.41, 5.74) is 1.79. The fourth-order valence-corrected chi connectivity index (χ4v) is 2.34. The smallest absolute Gasteiger partial charge is 0.0534 e. The predicted molar refractivity (Wildman–Crippen MR) is 56.9 cm³/mol. The summed E-state index contributed by atoms with van der Waals surface area (Å²) in [5, 5.41) is 10.4. The normalized spacial score (nSPS) is 23.1. The molecule has 1 fully saturated rings. The van der Waals surface area contributed by atoms with Crippen LogP contribution < -0.4 is 5.32 Å². The Balaban J connectivity index is 1.82. The third-order valence-electron chi connectivity index (χ3n) is 3.10. The van der Waals surface area contributed by atoms with Crippen molar-refractivity contribution in [3.63, 3.8) is 0 Å². The zero-order valence-corrected chi connectivity index (χ0v) is 9.17. The average molecular weight is 193 g/mol. The van der Waals surface area contributed by atoms with Crippen LogP contribution in [0.2, 0.25) is 0 Å². The molecule has 14 heavy (non-hydrogen) atoms. The van der Waals surface area contributed by atoms with Crippen molar-refractivity contribution in [2.45, 2.75) is 45.7 Å². The largest absolute Gasteiger partial charge is 0.307 e. The van der Waals surface area contributed by atoms with E-state index in [1.165, 1.54) is 18.4 Å². The molecular weight excluding hydrogens is 174 g/mol. The van der Waals surface area contributed by atoms with Crippen molar-refractivity contribution in [2.75, 3.05) is 0 Å². The van der Waals surface area contributed by atoms with Crippen molar-refractivity contribution >= 4 is 0 Å². The first kappa shape index (κ1) is 9.71. The van der Waals surface area contributed by atoms with E-state index in [1.807, 2.05) is 12.4 Å². The number of aromatic nitrogens is 2. The summed E-state index contributed by atoms with van der Waals surface area (Å²) in [4.78, 5) is 0. The summed E-state index contributed by atoms with van der Waals surface area (Å²) in [6.07, 6.45) is 6.42. The Hall–Kier alpha value is -0.830. The van der Waals surface area contributed by atoms with Gasteiger partial charge in [0.05, 0.1) is 6.20 Å². The Morgan fingerprint density at radius 3 is 2.79 bits per heavy atom. The van der Waals surface area contributed by atoms with Gasteiger partial charge in [0.15, 0.2) is 0 Å². The van der Waals surface area contributed by atoms with Crippen molar-refractivity contribution in [1.82, 2.24) is 15.5 Å². The van der Waals surface area contributed by atoms with E-state index in [-0.39, 0.29) is 0 Å². The zero-order valence-electron chi connectivity index (χ0n) is 9.17. The molecule has 1 unspecified atom stereocenters. The van der Waals surface area contributed by atoms with E-state index in [0.717, 1.165) is 0 Å². The van der Waals surface area contributed by atoms with Crippen molar-refractivity contribution < 1.29 is 0 Å². The van der Waals surface area contributed by atoms with Gasteiger partial charge in [0.25, 0.3) is 0 Å². The first-order chi connectivity index (χ1) is 6.57. The average Bonchev–Trinajstić information content (AvgIpc) is 2.51. The summed E-state index contributed by atoms with van der Waals surface area (Å²) < 4.78 is 0. The molecule has 1 heterocycles. The Morgan fingerprint density at radius 2 is 2.29 bits per heavy atom. The molecule has 1 atom stereocenters. The lowest BCUT2D eigenvalue weighted by Crippen LogP contribution is -2.46. The van der Waals surface area contributed by atoms with Crippen LogP contribution in [-0.2, 0) is 0 Å². The standard InChI is InChI=1S/C11H19N3/c1-8(9-6-12-13-7-9)14-10-4-11(2,3)5-10/h6-8,10,14H,4-5H2,1-3H3,(H,12,13). The molecule has 1 aliphatic carbocycles. The summed E-state index contributed by atoms with van der Waals surface area (Å²) in [7, 11) is 0. The monoisotopic (exact) mass is 193 g/mol. The Kier molecular flexibility index (Phi) is 2.35. The zero-order chi connectivity index (χ0) is 10.2. The molecule has 0 aliphatic heterocycles. The second kappa shape index (κ2) is 3.39. The second-order valence-corrected chi connectivity index (χ2v) is 5.19. The molecule has 1 aromatic heterocycles. The van der Waals surface area contributed by atoms with E-state index in [1.54, 1.807) is 0 Å². The number of nitrogens with one attached hydrogen (secondary N) is 2. The van der Waals surface area contributed by atoms with Gasteiger partial charge in [-0.1, -0.05) is 13.8 Å². The van der Waals surface area contributed by atoms with Gasteiger partial charge in [-0.25, -0.2) is 0 Å². The summed E-state index contributed by atoms with van der Waals surface area (Å²) in [5.74, 6) is 0. The molecule has 2 N–H and O–H groups in total. The maximum atomic E-state index is 3.96. The number of nitrogens with zero attached hydrogens (tertiary/aromatic N) is 1. The third kappa shape index (κ3) is 1.98. The molecule has 1 aromatic rings. The molecule has 3 nitrogen and oxygen atoms in total. The van der Waals surface area contributed by atoms with E-state index >= 15 is 0 Å². The summed E-state index contributed by atoms with van der Waals surface area (Å²) in [6.45, 7) is 6.84. The highest BCUT2D eigenvalue weighted by Gasteiger charge is 2.36. The number of rotatable bonds is 3. The van der Waals surface area contributed by atoms with Gasteiger partial charge in [0.1, 0.15) is 0 Å². The van der Waals surface area contributed by atoms with Gasteiger partial charge in [-0.2, -0.15) is 5.10 Å². The van der Waals surface area contributed by atoms with Crippen LogP contribution in [0.4, 0.5) is 0 Å². The molecule has 2 rings (SSSR count). The number of H-pyrrole nitrogens is 1. The van der Waals surface area contributed by atoms with Crippen LogP contribution in [0.1, 0.15) is 45.2 Å². The molecular formula is C11H19N3. The molecule has 1 aliphatic rings. The van der Waals surface area contributed by atoms with Crippen molar-refractivity contribution in [2.24, 2.45) is 5.41 Å². The van der Waals surface area contributed by atoms with Gasteiger partial charge in [0.2, 0.25) is 0 Å². The van der Waals surface area contributed by atoms with Gasteiger partial charge < -0.3 is 5.32 Å². The Labute approximate surface area is 85.3 Å². The van der Waals surface area contributed by atoms with Crippen LogP contribution in [0.15, 0.2) is 12.4 Å². The van der Waals surface area contributed by atoms with Crippen LogP contribution in [0, 0.1) is 5.41 Å². The number of hydrogen-bond donors (Lipinski definition) is 2. The van der Waals surface area contributed by atoms with Crippen LogP contribution in [0.25, 0.3) is 0 Å². The fourth-order valence-electron chi connectivity index (χ4n) is 2.34. The summed E-state index contributed by atoms with van der Waals surface area (Å²) in [6, 6.07) is 1.10. The minimum absolute atomic E-state index is 0.412. The van der Waals surface area contributed by atoms with Gasteiger partial charge in [-0.3, -0.25) is 5.10 Å². The quantitative estimate of drug-likeness (QED) is 0.773. The first-order valence-electron chi connectivity index (χ1n) is 5.31. The summed E-state index contributed by atoms with van der Waals surface area (Å²) >= 11 is 0. The molecule has 78 valence electrons.